The SMILES string of the molecule is [N-]=[N+]=NCCC=Cc1ccncc1Cl. The summed E-state index contributed by atoms with van der Waals surface area (Å²) in [6, 6.07) is 1.83. The highest BCUT2D eigenvalue weighted by molar-refractivity contribution is 6.31. The van der Waals surface area contributed by atoms with Gasteiger partial charge in [0.1, 0.15) is 0 Å². The minimum Gasteiger partial charge on any atom is -0.263 e. The van der Waals surface area contributed by atoms with Gasteiger partial charge in [0, 0.05) is 23.9 Å². The van der Waals surface area contributed by atoms with Crippen LogP contribution in [-0.2, 0) is 0 Å². The van der Waals surface area contributed by atoms with Gasteiger partial charge in [-0.15, -0.1) is 0 Å². The number of hydrogen-bond acceptors (Lipinski definition) is 2. The number of pyridine rings is 1. The van der Waals surface area contributed by atoms with E-state index in [1.807, 2.05) is 18.2 Å². The molecule has 1 heterocycles. The van der Waals surface area contributed by atoms with E-state index < -0.39 is 0 Å². The van der Waals surface area contributed by atoms with E-state index in [0.717, 1.165) is 5.56 Å². The number of azide groups is 1. The third kappa shape index (κ3) is 3.47. The summed E-state index contributed by atoms with van der Waals surface area (Å²) in [4.78, 5) is 6.52. The van der Waals surface area contributed by atoms with Crippen molar-refractivity contribution < 1.29 is 0 Å². The van der Waals surface area contributed by atoms with E-state index in [1.165, 1.54) is 0 Å². The largest absolute Gasteiger partial charge is 0.263 e. The maximum Gasteiger partial charge on any atom is 0.0661 e. The van der Waals surface area contributed by atoms with Gasteiger partial charge in [0.15, 0.2) is 0 Å². The summed E-state index contributed by atoms with van der Waals surface area (Å²) < 4.78 is 0. The molecular weight excluding hydrogens is 200 g/mol. The summed E-state index contributed by atoms with van der Waals surface area (Å²) in [5.74, 6) is 0. The van der Waals surface area contributed by atoms with Crippen LogP contribution in [0.2, 0.25) is 5.02 Å². The van der Waals surface area contributed by atoms with Crippen molar-refractivity contribution in [2.75, 3.05) is 6.54 Å². The molecule has 72 valence electrons. The predicted octanol–water partition coefficient (Wildman–Crippen LogP) is 3.45. The minimum absolute atomic E-state index is 0.468. The van der Waals surface area contributed by atoms with Crippen LogP contribution in [0.1, 0.15) is 12.0 Å². The Morgan fingerprint density at radius 2 is 2.50 bits per heavy atom. The third-order valence-corrected chi connectivity index (χ3v) is 1.88. The summed E-state index contributed by atoms with van der Waals surface area (Å²) in [6.07, 6.45) is 7.78. The lowest BCUT2D eigenvalue weighted by molar-refractivity contribution is 0.995. The number of nitrogens with zero attached hydrogens (tertiary/aromatic N) is 4. The second-order valence-corrected chi connectivity index (χ2v) is 2.95. The molecule has 0 aliphatic heterocycles. The fourth-order valence-electron chi connectivity index (χ4n) is 0.908. The van der Waals surface area contributed by atoms with Crippen molar-refractivity contribution >= 4 is 17.7 Å². The van der Waals surface area contributed by atoms with Crippen molar-refractivity contribution in [3.63, 3.8) is 0 Å². The molecule has 1 rings (SSSR count). The van der Waals surface area contributed by atoms with Crippen LogP contribution in [0.15, 0.2) is 29.7 Å². The summed E-state index contributed by atoms with van der Waals surface area (Å²) in [7, 11) is 0. The molecule has 1 aromatic heterocycles. The quantitative estimate of drug-likeness (QED) is 0.324. The van der Waals surface area contributed by atoms with Crippen molar-refractivity contribution in [3.8, 4) is 0 Å². The molecule has 0 unspecified atom stereocenters. The Kier molecular flexibility index (Phi) is 4.55. The molecule has 0 saturated carbocycles. The van der Waals surface area contributed by atoms with Crippen LogP contribution in [0.3, 0.4) is 0 Å². The molecule has 0 radical (unpaired) electrons. The van der Waals surface area contributed by atoms with Gasteiger partial charge >= 0.3 is 0 Å². The molecule has 0 amide bonds. The first-order valence-corrected chi connectivity index (χ1v) is 4.49. The predicted molar refractivity (Wildman–Crippen MR) is 56.9 cm³/mol. The van der Waals surface area contributed by atoms with Gasteiger partial charge in [0.2, 0.25) is 0 Å². The molecule has 0 N–H and O–H groups in total. The Morgan fingerprint density at radius 1 is 1.64 bits per heavy atom. The average Bonchev–Trinajstić information content (AvgIpc) is 2.20. The molecule has 0 aliphatic carbocycles. The highest BCUT2D eigenvalue weighted by Gasteiger charge is 1.92. The van der Waals surface area contributed by atoms with Crippen molar-refractivity contribution in [2.45, 2.75) is 6.42 Å². The van der Waals surface area contributed by atoms with Crippen LogP contribution in [0.4, 0.5) is 0 Å². The first-order chi connectivity index (χ1) is 6.84. The Hall–Kier alpha value is -1.51. The zero-order valence-electron chi connectivity index (χ0n) is 7.47. The second-order valence-electron chi connectivity index (χ2n) is 2.54. The lowest BCUT2D eigenvalue weighted by Crippen LogP contribution is -1.77. The van der Waals surface area contributed by atoms with Crippen LogP contribution in [0, 0.1) is 0 Å². The summed E-state index contributed by atoms with van der Waals surface area (Å²) in [6.45, 7) is 0.468. The topological polar surface area (TPSA) is 61.7 Å². The molecule has 0 spiro atoms. The molecule has 0 saturated heterocycles. The van der Waals surface area contributed by atoms with Gasteiger partial charge < -0.3 is 0 Å². The van der Waals surface area contributed by atoms with Gasteiger partial charge in [-0.1, -0.05) is 28.9 Å². The van der Waals surface area contributed by atoms with Crippen LogP contribution >= 0.6 is 11.6 Å². The fraction of sp³-hybridized carbons (Fsp3) is 0.222. The smallest absolute Gasteiger partial charge is 0.0661 e. The molecule has 0 fully saturated rings. The third-order valence-electron chi connectivity index (χ3n) is 1.56. The van der Waals surface area contributed by atoms with Gasteiger partial charge in [-0.3, -0.25) is 4.98 Å². The Bertz CT molecular complexity index is 369. The highest BCUT2D eigenvalue weighted by Crippen LogP contribution is 2.14. The molecule has 5 heteroatoms. The van der Waals surface area contributed by atoms with Crippen molar-refractivity contribution in [3.05, 3.63) is 45.6 Å². The average molecular weight is 209 g/mol. The normalized spacial score (nSPS) is 10.1. The number of hydrogen-bond donors (Lipinski definition) is 0. The van der Waals surface area contributed by atoms with E-state index in [2.05, 4.69) is 15.0 Å². The van der Waals surface area contributed by atoms with E-state index in [9.17, 15) is 0 Å². The van der Waals surface area contributed by atoms with E-state index in [0.29, 0.717) is 18.0 Å². The lowest BCUT2D eigenvalue weighted by atomic mass is 10.2. The van der Waals surface area contributed by atoms with Crippen LogP contribution < -0.4 is 0 Å². The minimum atomic E-state index is 0.468. The molecule has 0 bridgehead atoms. The van der Waals surface area contributed by atoms with Crippen molar-refractivity contribution in [1.29, 1.82) is 0 Å². The number of aromatic nitrogens is 1. The van der Waals surface area contributed by atoms with Crippen molar-refractivity contribution in [2.24, 2.45) is 5.11 Å². The molecule has 1 aromatic rings. The van der Waals surface area contributed by atoms with Gasteiger partial charge in [-0.05, 0) is 23.6 Å². The molecule has 4 nitrogen and oxygen atoms in total. The Labute approximate surface area is 86.9 Å². The number of rotatable bonds is 4. The van der Waals surface area contributed by atoms with Crippen molar-refractivity contribution in [1.82, 2.24) is 4.98 Å². The molecule has 0 atom stereocenters. The van der Waals surface area contributed by atoms with Gasteiger partial charge in [0.25, 0.3) is 0 Å². The maximum atomic E-state index is 8.03. The van der Waals surface area contributed by atoms with E-state index in [-0.39, 0.29) is 0 Å². The van der Waals surface area contributed by atoms with Gasteiger partial charge in [-0.25, -0.2) is 0 Å². The summed E-state index contributed by atoms with van der Waals surface area (Å²) in [5.41, 5.74) is 8.95. The molecule has 0 aromatic carbocycles. The monoisotopic (exact) mass is 208 g/mol. The summed E-state index contributed by atoms with van der Waals surface area (Å²) in [5, 5.41) is 4.03. The molecule has 0 aliphatic rings. The standard InChI is InChI=1S/C9H9ClN4/c10-9-7-12-6-4-8(9)3-1-2-5-13-14-11/h1,3-4,6-7H,2,5H2. The van der Waals surface area contributed by atoms with E-state index >= 15 is 0 Å². The summed E-state index contributed by atoms with van der Waals surface area (Å²) >= 11 is 5.87. The van der Waals surface area contributed by atoms with Gasteiger partial charge in [0.05, 0.1) is 5.02 Å². The van der Waals surface area contributed by atoms with Crippen LogP contribution in [-0.4, -0.2) is 11.5 Å². The molecular formula is C9H9ClN4. The lowest BCUT2D eigenvalue weighted by Gasteiger charge is -1.94. The van der Waals surface area contributed by atoms with Gasteiger partial charge in [-0.2, -0.15) is 0 Å². The van der Waals surface area contributed by atoms with E-state index in [4.69, 9.17) is 17.1 Å². The number of halogens is 1. The zero-order chi connectivity index (χ0) is 10.2. The van der Waals surface area contributed by atoms with E-state index in [1.54, 1.807) is 12.4 Å². The fourth-order valence-corrected chi connectivity index (χ4v) is 1.09. The maximum absolute atomic E-state index is 8.03. The first-order valence-electron chi connectivity index (χ1n) is 4.11. The first kappa shape index (κ1) is 10.6. The van der Waals surface area contributed by atoms with Crippen LogP contribution in [0.5, 0.6) is 0 Å². The Balaban J connectivity index is 2.51. The molecule has 14 heavy (non-hydrogen) atoms. The second kappa shape index (κ2) is 6.02. The highest BCUT2D eigenvalue weighted by atomic mass is 35.5. The van der Waals surface area contributed by atoms with Crippen LogP contribution in [0.25, 0.3) is 16.5 Å². The zero-order valence-corrected chi connectivity index (χ0v) is 8.22. The Morgan fingerprint density at radius 3 is 3.21 bits per heavy atom.